The van der Waals surface area contributed by atoms with Crippen LogP contribution in [0.5, 0.6) is 5.75 Å². The van der Waals surface area contributed by atoms with E-state index in [0.29, 0.717) is 17.3 Å². The number of piperidine rings is 1. The van der Waals surface area contributed by atoms with Gasteiger partial charge in [-0.25, -0.2) is 4.98 Å². The van der Waals surface area contributed by atoms with E-state index in [0.717, 1.165) is 31.1 Å². The third kappa shape index (κ3) is 6.14. The second-order valence-corrected chi connectivity index (χ2v) is 7.77. The van der Waals surface area contributed by atoms with Crippen molar-refractivity contribution in [3.05, 3.63) is 40.9 Å². The highest BCUT2D eigenvalue weighted by Crippen LogP contribution is 2.19. The maximum Gasteiger partial charge on any atom is 0.226 e. The molecule has 6 nitrogen and oxygen atoms in total. The Morgan fingerprint density at radius 2 is 1.89 bits per heavy atom. The molecule has 1 saturated heterocycles. The number of hydrogen-bond acceptors (Lipinski definition) is 6. The Morgan fingerprint density at radius 1 is 1.14 bits per heavy atom. The molecule has 1 aromatic carbocycles. The van der Waals surface area contributed by atoms with Crippen LogP contribution in [0.1, 0.15) is 55.1 Å². The zero-order valence-electron chi connectivity index (χ0n) is 16.3. The van der Waals surface area contributed by atoms with Gasteiger partial charge in [-0.2, -0.15) is 0 Å². The van der Waals surface area contributed by atoms with Crippen molar-refractivity contribution in [1.29, 1.82) is 0 Å². The summed E-state index contributed by atoms with van der Waals surface area (Å²) < 4.78 is 5.37. The Morgan fingerprint density at radius 3 is 2.61 bits per heavy atom. The molecular formula is C21H27N3O3S. The number of Topliss-reactive ketones (excluding diaryl/α,β-unsaturated/α-hetero) is 1. The van der Waals surface area contributed by atoms with E-state index in [1.807, 2.05) is 12.3 Å². The Hall–Kier alpha value is -2.25. The number of anilines is 1. The summed E-state index contributed by atoms with van der Waals surface area (Å²) in [5.41, 5.74) is 1.59. The van der Waals surface area contributed by atoms with Crippen molar-refractivity contribution < 1.29 is 14.3 Å². The molecule has 28 heavy (non-hydrogen) atoms. The molecule has 3 rings (SSSR count). The van der Waals surface area contributed by atoms with Gasteiger partial charge in [-0.15, -0.1) is 11.3 Å². The molecule has 2 heterocycles. The number of thiazole rings is 1. The Bertz CT molecular complexity index is 782. The summed E-state index contributed by atoms with van der Waals surface area (Å²) in [4.78, 5) is 31.3. The number of carbonyl (C=O) groups is 2. The fourth-order valence-electron chi connectivity index (χ4n) is 3.24. The molecule has 0 aliphatic carbocycles. The Labute approximate surface area is 169 Å². The van der Waals surface area contributed by atoms with E-state index in [-0.39, 0.29) is 24.5 Å². The first kappa shape index (κ1) is 20.5. The van der Waals surface area contributed by atoms with Crippen molar-refractivity contribution in [2.75, 3.05) is 25.0 Å². The largest absolute Gasteiger partial charge is 0.494 e. The van der Waals surface area contributed by atoms with Crippen LogP contribution in [-0.2, 0) is 11.3 Å². The number of likely N-dealkylation sites (tertiary alicyclic amines) is 1. The predicted octanol–water partition coefficient (Wildman–Crippen LogP) is 4.13. The van der Waals surface area contributed by atoms with Gasteiger partial charge in [0.05, 0.1) is 12.3 Å². The summed E-state index contributed by atoms with van der Waals surface area (Å²) in [6, 6.07) is 7.02. The van der Waals surface area contributed by atoms with Crippen LogP contribution in [0, 0.1) is 0 Å². The predicted molar refractivity (Wildman–Crippen MR) is 111 cm³/mol. The lowest BCUT2D eigenvalue weighted by Crippen LogP contribution is -2.29. The highest BCUT2D eigenvalue weighted by atomic mass is 32.1. The van der Waals surface area contributed by atoms with E-state index in [1.54, 1.807) is 24.3 Å². The third-order valence-electron chi connectivity index (χ3n) is 4.70. The topological polar surface area (TPSA) is 71.5 Å². The molecule has 0 bridgehead atoms. The highest BCUT2D eigenvalue weighted by Gasteiger charge is 2.14. The molecule has 2 aromatic rings. The van der Waals surface area contributed by atoms with Gasteiger partial charge in [0.1, 0.15) is 5.75 Å². The highest BCUT2D eigenvalue weighted by molar-refractivity contribution is 7.13. The average Bonchev–Trinajstić information content (AvgIpc) is 3.14. The number of carbonyl (C=O) groups excluding carboxylic acids is 2. The lowest BCUT2D eigenvalue weighted by Gasteiger charge is -2.25. The molecule has 1 N–H and O–H groups in total. The number of rotatable bonds is 9. The van der Waals surface area contributed by atoms with Crippen LogP contribution in [0.25, 0.3) is 0 Å². The van der Waals surface area contributed by atoms with Gasteiger partial charge in [-0.05, 0) is 57.1 Å². The second-order valence-electron chi connectivity index (χ2n) is 6.91. The number of ketones is 1. The van der Waals surface area contributed by atoms with Gasteiger partial charge in [-0.3, -0.25) is 14.5 Å². The molecule has 0 atom stereocenters. The van der Waals surface area contributed by atoms with Crippen LogP contribution in [0.3, 0.4) is 0 Å². The lowest BCUT2D eigenvalue weighted by molar-refractivity contribution is -0.116. The number of benzene rings is 1. The van der Waals surface area contributed by atoms with Gasteiger partial charge in [-0.1, -0.05) is 6.42 Å². The normalized spacial score (nSPS) is 14.6. The van der Waals surface area contributed by atoms with Crippen molar-refractivity contribution in [3.63, 3.8) is 0 Å². The summed E-state index contributed by atoms with van der Waals surface area (Å²) >= 11 is 1.43. The van der Waals surface area contributed by atoms with Crippen LogP contribution in [0.2, 0.25) is 0 Å². The minimum atomic E-state index is -0.182. The molecule has 0 radical (unpaired) electrons. The molecule has 1 aliphatic heterocycles. The van der Waals surface area contributed by atoms with Gasteiger partial charge in [0.15, 0.2) is 10.9 Å². The minimum Gasteiger partial charge on any atom is -0.494 e. The molecule has 0 unspecified atom stereocenters. The van der Waals surface area contributed by atoms with Gasteiger partial charge in [0.25, 0.3) is 0 Å². The first-order chi connectivity index (χ1) is 13.6. The van der Waals surface area contributed by atoms with Gasteiger partial charge in [0, 0.05) is 30.3 Å². The van der Waals surface area contributed by atoms with E-state index in [9.17, 15) is 9.59 Å². The summed E-state index contributed by atoms with van der Waals surface area (Å²) in [5, 5.41) is 5.41. The zero-order valence-corrected chi connectivity index (χ0v) is 17.1. The van der Waals surface area contributed by atoms with Crippen LogP contribution in [0.4, 0.5) is 5.13 Å². The molecule has 1 fully saturated rings. The zero-order chi connectivity index (χ0) is 19.8. The fourth-order valence-corrected chi connectivity index (χ4v) is 3.96. The molecule has 7 heteroatoms. The molecule has 0 saturated carbocycles. The number of nitrogens with one attached hydrogen (secondary N) is 1. The van der Waals surface area contributed by atoms with Crippen molar-refractivity contribution >= 4 is 28.2 Å². The molecule has 1 aliphatic rings. The number of hydrogen-bond donors (Lipinski definition) is 1. The lowest BCUT2D eigenvalue weighted by atomic mass is 10.1. The summed E-state index contributed by atoms with van der Waals surface area (Å²) in [7, 11) is 0. The Kier molecular flexibility index (Phi) is 7.56. The van der Waals surface area contributed by atoms with E-state index in [4.69, 9.17) is 4.74 Å². The average molecular weight is 402 g/mol. The second kappa shape index (κ2) is 10.3. The molecule has 0 spiro atoms. The van der Waals surface area contributed by atoms with Crippen molar-refractivity contribution in [1.82, 2.24) is 9.88 Å². The molecule has 150 valence electrons. The standard InChI is InChI=1S/C21H27N3O3S/c1-2-27-18-8-6-16(7-9-18)19(25)10-11-20(26)23-21-22-17(15-28-21)14-24-12-4-3-5-13-24/h6-9,15H,2-5,10-14H2,1H3,(H,22,23,26). The number of amides is 1. The van der Waals surface area contributed by atoms with Crippen LogP contribution >= 0.6 is 11.3 Å². The summed E-state index contributed by atoms with van der Waals surface area (Å²) in [6.07, 6.45) is 4.12. The van der Waals surface area contributed by atoms with E-state index >= 15 is 0 Å². The van der Waals surface area contributed by atoms with Crippen molar-refractivity contribution in [3.8, 4) is 5.75 Å². The first-order valence-corrected chi connectivity index (χ1v) is 10.7. The molecule has 1 amide bonds. The maximum absolute atomic E-state index is 12.3. The summed E-state index contributed by atoms with van der Waals surface area (Å²) in [6.45, 7) is 5.57. The van der Waals surface area contributed by atoms with Crippen molar-refractivity contribution in [2.45, 2.75) is 45.6 Å². The quantitative estimate of drug-likeness (QED) is 0.640. The van der Waals surface area contributed by atoms with E-state index < -0.39 is 0 Å². The third-order valence-corrected chi connectivity index (χ3v) is 5.51. The van der Waals surface area contributed by atoms with E-state index in [2.05, 4.69) is 15.2 Å². The first-order valence-electron chi connectivity index (χ1n) is 9.86. The SMILES string of the molecule is CCOc1ccc(C(=O)CCC(=O)Nc2nc(CN3CCCCC3)cs2)cc1. The van der Waals surface area contributed by atoms with Gasteiger partial charge < -0.3 is 10.1 Å². The van der Waals surface area contributed by atoms with Crippen LogP contribution in [-0.4, -0.2) is 41.3 Å². The minimum absolute atomic E-state index is 0.0527. The summed E-state index contributed by atoms with van der Waals surface area (Å²) in [5.74, 6) is 0.502. The van der Waals surface area contributed by atoms with Gasteiger partial charge >= 0.3 is 0 Å². The van der Waals surface area contributed by atoms with Crippen LogP contribution < -0.4 is 10.1 Å². The van der Waals surface area contributed by atoms with Crippen molar-refractivity contribution in [2.24, 2.45) is 0 Å². The monoisotopic (exact) mass is 401 g/mol. The number of nitrogens with zero attached hydrogens (tertiary/aromatic N) is 2. The maximum atomic E-state index is 12.3. The molecular weight excluding hydrogens is 374 g/mol. The Balaban J connectivity index is 1.43. The number of ether oxygens (including phenoxy) is 1. The fraction of sp³-hybridized carbons (Fsp3) is 0.476. The molecule has 1 aromatic heterocycles. The van der Waals surface area contributed by atoms with E-state index in [1.165, 1.54) is 30.6 Å². The smallest absolute Gasteiger partial charge is 0.226 e. The van der Waals surface area contributed by atoms with Gasteiger partial charge in [0.2, 0.25) is 5.91 Å². The number of aromatic nitrogens is 1. The van der Waals surface area contributed by atoms with Crippen LogP contribution in [0.15, 0.2) is 29.6 Å².